The molecule has 0 aromatic heterocycles. The van der Waals surface area contributed by atoms with Crippen LogP contribution < -0.4 is 0 Å². The molecule has 0 bridgehead atoms. The molecule has 0 aliphatic carbocycles. The Bertz CT molecular complexity index is 626. The third-order valence-corrected chi connectivity index (χ3v) is 5.81. The lowest BCUT2D eigenvalue weighted by atomic mass is 9.95. The second kappa shape index (κ2) is 18.7. The predicted molar refractivity (Wildman–Crippen MR) is 132 cm³/mol. The Kier molecular flexibility index (Phi) is 16.5. The van der Waals surface area contributed by atoms with Crippen LogP contribution in [0.25, 0.3) is 0 Å². The van der Waals surface area contributed by atoms with Crippen molar-refractivity contribution in [1.82, 2.24) is 0 Å². The maximum Gasteiger partial charge on any atom is 0.309 e. The molecule has 32 heavy (non-hydrogen) atoms. The maximum atomic E-state index is 12.7. The molecule has 4 heteroatoms. The average molecular weight is 447 g/mol. The van der Waals surface area contributed by atoms with E-state index in [2.05, 4.69) is 19.9 Å². The van der Waals surface area contributed by atoms with Gasteiger partial charge in [-0.2, -0.15) is 0 Å². The molecule has 0 aliphatic heterocycles. The van der Waals surface area contributed by atoms with Crippen molar-refractivity contribution in [3.8, 4) is 0 Å². The fourth-order valence-electron chi connectivity index (χ4n) is 3.86. The second-order valence-electron chi connectivity index (χ2n) is 9.02. The molecule has 4 nitrogen and oxygen atoms in total. The third-order valence-electron chi connectivity index (χ3n) is 5.81. The molecule has 0 saturated heterocycles. The number of hydrogen-bond donors (Lipinski definition) is 0. The highest BCUT2D eigenvalue weighted by Gasteiger charge is 2.24. The van der Waals surface area contributed by atoms with Gasteiger partial charge in [-0.25, -0.2) is 0 Å². The van der Waals surface area contributed by atoms with Crippen molar-refractivity contribution in [2.45, 2.75) is 111 Å². The van der Waals surface area contributed by atoms with Crippen molar-refractivity contribution in [3.63, 3.8) is 0 Å². The van der Waals surface area contributed by atoms with Crippen molar-refractivity contribution >= 4 is 11.9 Å². The van der Waals surface area contributed by atoms with Crippen LogP contribution in [0.2, 0.25) is 0 Å². The van der Waals surface area contributed by atoms with E-state index < -0.39 is 5.92 Å². The molecule has 1 atom stereocenters. The maximum absolute atomic E-state index is 12.7. The first-order valence-corrected chi connectivity index (χ1v) is 12.9. The number of aryl methyl sites for hydroxylation is 1. The lowest BCUT2D eigenvalue weighted by Crippen LogP contribution is -2.24. The lowest BCUT2D eigenvalue weighted by Gasteiger charge is -2.16. The minimum absolute atomic E-state index is 0.0825. The van der Waals surface area contributed by atoms with E-state index in [-0.39, 0.29) is 18.4 Å². The average Bonchev–Trinajstić information content (AvgIpc) is 2.77. The van der Waals surface area contributed by atoms with Crippen LogP contribution in [0.5, 0.6) is 0 Å². The van der Waals surface area contributed by atoms with Gasteiger partial charge in [0.25, 0.3) is 0 Å². The molecule has 1 aromatic rings. The molecule has 182 valence electrons. The molecule has 0 heterocycles. The van der Waals surface area contributed by atoms with Gasteiger partial charge in [-0.1, -0.05) is 108 Å². The number of carbonyl (C=O) groups excluding carboxylic acids is 2. The molecule has 0 fully saturated rings. The summed E-state index contributed by atoms with van der Waals surface area (Å²) in [6.45, 7) is 7.31. The largest absolute Gasteiger partial charge is 0.466 e. The zero-order valence-electron chi connectivity index (χ0n) is 20.8. The molecule has 1 aromatic carbocycles. The van der Waals surface area contributed by atoms with Gasteiger partial charge in [0, 0.05) is 0 Å². The van der Waals surface area contributed by atoms with Crippen molar-refractivity contribution in [2.75, 3.05) is 13.2 Å². The summed E-state index contributed by atoms with van der Waals surface area (Å²) in [4.78, 5) is 25.1. The Morgan fingerprint density at radius 2 is 1.34 bits per heavy atom. The Hall–Kier alpha value is -1.84. The Morgan fingerprint density at radius 1 is 0.781 bits per heavy atom. The zero-order chi connectivity index (χ0) is 23.4. The van der Waals surface area contributed by atoms with Gasteiger partial charge in [0.05, 0.1) is 25.6 Å². The summed E-state index contributed by atoms with van der Waals surface area (Å²) >= 11 is 0. The van der Waals surface area contributed by atoms with Crippen molar-refractivity contribution in [2.24, 2.45) is 5.92 Å². The van der Waals surface area contributed by atoms with Gasteiger partial charge in [-0.05, 0) is 31.7 Å². The SMILES string of the molecule is CCCCCCCCOC(=O)CC(Cc1cccc(C)c1)C(=O)OCCCCCCCC. The molecule has 0 radical (unpaired) electrons. The van der Waals surface area contributed by atoms with Crippen LogP contribution >= 0.6 is 0 Å². The molecule has 0 aliphatic rings. The molecule has 1 rings (SSSR count). The van der Waals surface area contributed by atoms with Crippen LogP contribution in [0.3, 0.4) is 0 Å². The molecule has 1 unspecified atom stereocenters. The normalized spacial score (nSPS) is 11.8. The smallest absolute Gasteiger partial charge is 0.309 e. The number of benzene rings is 1. The van der Waals surface area contributed by atoms with E-state index in [9.17, 15) is 9.59 Å². The number of rotatable bonds is 19. The summed E-state index contributed by atoms with van der Waals surface area (Å²) in [7, 11) is 0. The van der Waals surface area contributed by atoms with Crippen molar-refractivity contribution in [3.05, 3.63) is 35.4 Å². The number of carbonyl (C=O) groups is 2. The Labute approximate surface area is 196 Å². The number of ether oxygens (including phenoxy) is 2. The minimum atomic E-state index is -0.492. The van der Waals surface area contributed by atoms with Crippen molar-refractivity contribution < 1.29 is 19.1 Å². The van der Waals surface area contributed by atoms with Crippen LogP contribution in [0, 0.1) is 12.8 Å². The highest BCUT2D eigenvalue weighted by molar-refractivity contribution is 5.80. The van der Waals surface area contributed by atoms with E-state index in [1.807, 2.05) is 25.1 Å². The summed E-state index contributed by atoms with van der Waals surface area (Å²) in [6.07, 6.45) is 14.4. The summed E-state index contributed by atoms with van der Waals surface area (Å²) in [5.41, 5.74) is 2.20. The van der Waals surface area contributed by atoms with E-state index in [0.717, 1.165) is 36.8 Å². The molecule has 0 saturated carbocycles. The van der Waals surface area contributed by atoms with Gasteiger partial charge >= 0.3 is 11.9 Å². The molecular weight excluding hydrogens is 400 g/mol. The monoisotopic (exact) mass is 446 g/mol. The lowest BCUT2D eigenvalue weighted by molar-refractivity contribution is -0.155. The van der Waals surface area contributed by atoms with Crippen molar-refractivity contribution in [1.29, 1.82) is 0 Å². The molecular formula is C28H46O4. The van der Waals surface area contributed by atoms with Gasteiger partial charge in [-0.3, -0.25) is 9.59 Å². The Balaban J connectivity index is 2.45. The van der Waals surface area contributed by atoms with E-state index in [1.165, 1.54) is 51.4 Å². The van der Waals surface area contributed by atoms with Crippen LogP contribution in [-0.2, 0) is 25.5 Å². The zero-order valence-corrected chi connectivity index (χ0v) is 20.8. The van der Waals surface area contributed by atoms with Gasteiger partial charge in [0.15, 0.2) is 0 Å². The Morgan fingerprint density at radius 3 is 1.94 bits per heavy atom. The van der Waals surface area contributed by atoms with E-state index in [0.29, 0.717) is 19.6 Å². The van der Waals surface area contributed by atoms with Gasteiger partial charge in [-0.15, -0.1) is 0 Å². The number of hydrogen-bond acceptors (Lipinski definition) is 4. The fourth-order valence-corrected chi connectivity index (χ4v) is 3.86. The summed E-state index contributed by atoms with van der Waals surface area (Å²) < 4.78 is 11.0. The highest BCUT2D eigenvalue weighted by atomic mass is 16.5. The van der Waals surface area contributed by atoms with E-state index in [4.69, 9.17) is 9.47 Å². The van der Waals surface area contributed by atoms with E-state index >= 15 is 0 Å². The molecule has 0 spiro atoms. The highest BCUT2D eigenvalue weighted by Crippen LogP contribution is 2.17. The van der Waals surface area contributed by atoms with Crippen LogP contribution in [0.1, 0.15) is 108 Å². The first-order chi connectivity index (χ1) is 15.6. The molecule has 0 amide bonds. The minimum Gasteiger partial charge on any atom is -0.466 e. The first-order valence-electron chi connectivity index (χ1n) is 12.9. The van der Waals surface area contributed by atoms with Crippen LogP contribution in [0.15, 0.2) is 24.3 Å². The number of esters is 2. The van der Waals surface area contributed by atoms with Gasteiger partial charge in [0.1, 0.15) is 0 Å². The molecule has 0 N–H and O–H groups in total. The van der Waals surface area contributed by atoms with Crippen LogP contribution in [0.4, 0.5) is 0 Å². The summed E-state index contributed by atoms with van der Waals surface area (Å²) in [5, 5.41) is 0. The van der Waals surface area contributed by atoms with Crippen LogP contribution in [-0.4, -0.2) is 25.2 Å². The summed E-state index contributed by atoms with van der Waals surface area (Å²) in [6, 6.07) is 8.09. The predicted octanol–water partition coefficient (Wildman–Crippen LogP) is 7.35. The standard InChI is InChI=1S/C28H46O4/c1-4-6-8-10-12-14-19-31-27(29)23-26(22-25-18-16-17-24(3)21-25)28(30)32-20-15-13-11-9-7-5-2/h16-18,21,26H,4-15,19-20,22-23H2,1-3H3. The topological polar surface area (TPSA) is 52.6 Å². The van der Waals surface area contributed by atoms with Gasteiger partial charge in [0.2, 0.25) is 0 Å². The first kappa shape index (κ1) is 28.2. The van der Waals surface area contributed by atoms with E-state index in [1.54, 1.807) is 0 Å². The second-order valence-corrected chi connectivity index (χ2v) is 9.02. The number of unbranched alkanes of at least 4 members (excludes halogenated alkanes) is 10. The quantitative estimate of drug-likeness (QED) is 0.165. The fraction of sp³-hybridized carbons (Fsp3) is 0.714. The third kappa shape index (κ3) is 14.3. The summed E-state index contributed by atoms with van der Waals surface area (Å²) in [5.74, 6) is -1.07. The van der Waals surface area contributed by atoms with Gasteiger partial charge < -0.3 is 9.47 Å².